The Kier molecular flexibility index (Phi) is 5.71. The van der Waals surface area contributed by atoms with Gasteiger partial charge in [-0.3, -0.25) is 4.79 Å². The van der Waals surface area contributed by atoms with Gasteiger partial charge in [-0.05, 0) is 37.1 Å². The van der Waals surface area contributed by atoms with Crippen LogP contribution in [-0.2, 0) is 10.3 Å². The number of ketones is 1. The molecule has 7 rings (SSSR count). The summed E-state index contributed by atoms with van der Waals surface area (Å²) in [6.07, 6.45) is 2.67. The highest BCUT2D eigenvalue weighted by Crippen LogP contribution is 2.57. The van der Waals surface area contributed by atoms with Gasteiger partial charge < -0.3 is 30.3 Å². The van der Waals surface area contributed by atoms with E-state index in [0.29, 0.717) is 33.9 Å². The lowest BCUT2D eigenvalue weighted by molar-refractivity contribution is 0.0223. The number of nitrogens with one attached hydrogen (secondary N) is 2. The molecule has 3 aromatic carbocycles. The Morgan fingerprint density at radius 2 is 1.68 bits per heavy atom. The van der Waals surface area contributed by atoms with Crippen molar-refractivity contribution in [3.63, 3.8) is 0 Å². The number of thioether (sulfide) groups is 1. The van der Waals surface area contributed by atoms with Gasteiger partial charge in [0.15, 0.2) is 11.4 Å². The molecule has 3 aromatic rings. The van der Waals surface area contributed by atoms with Gasteiger partial charge in [0.2, 0.25) is 0 Å². The second kappa shape index (κ2) is 9.19. The molecule has 2 amide bonds. The number of hydrogen-bond donors (Lipinski definition) is 4. The Bertz CT molecular complexity index is 1540. The van der Waals surface area contributed by atoms with Crippen LogP contribution in [0.4, 0.5) is 4.79 Å². The van der Waals surface area contributed by atoms with Crippen LogP contribution in [0.25, 0.3) is 0 Å². The summed E-state index contributed by atoms with van der Waals surface area (Å²) in [6, 6.07) is 14.5. The number of Topliss-reactive ketones (excluding diaryl/α,β-unsaturated/α-hetero) is 1. The number of hydrogen-bond acceptors (Lipinski definition) is 8. The normalized spacial score (nSPS) is 22.9. The van der Waals surface area contributed by atoms with E-state index in [1.165, 1.54) is 24.3 Å². The maximum absolute atomic E-state index is 13.5. The van der Waals surface area contributed by atoms with Crippen LogP contribution in [0.15, 0.2) is 54.6 Å². The number of amides is 2. The fourth-order valence-corrected chi connectivity index (χ4v) is 7.93. The number of aromatic hydroxyl groups is 2. The minimum Gasteiger partial charge on any atom is -0.508 e. The molecule has 204 valence electrons. The van der Waals surface area contributed by atoms with Gasteiger partial charge in [-0.2, -0.15) is 11.8 Å². The molecular weight excluding hydrogens is 532 g/mol. The van der Waals surface area contributed by atoms with Crippen molar-refractivity contribution in [3.8, 4) is 23.0 Å². The van der Waals surface area contributed by atoms with Gasteiger partial charge in [0.25, 0.3) is 0 Å². The van der Waals surface area contributed by atoms with E-state index in [1.54, 1.807) is 30.3 Å². The number of ether oxygens (including phenoxy) is 2. The molecule has 1 spiro atoms. The van der Waals surface area contributed by atoms with Crippen LogP contribution >= 0.6 is 11.8 Å². The van der Waals surface area contributed by atoms with E-state index < -0.39 is 11.6 Å². The molecule has 40 heavy (non-hydrogen) atoms. The van der Waals surface area contributed by atoms with Crippen molar-refractivity contribution < 1.29 is 34.1 Å². The molecule has 4 aliphatic rings. The van der Waals surface area contributed by atoms with E-state index in [-0.39, 0.29) is 58.9 Å². The van der Waals surface area contributed by atoms with Crippen molar-refractivity contribution in [2.45, 2.75) is 48.6 Å². The Labute approximate surface area is 233 Å². The third kappa shape index (κ3) is 3.73. The lowest BCUT2D eigenvalue weighted by atomic mass is 9.76. The van der Waals surface area contributed by atoms with Gasteiger partial charge in [0, 0.05) is 51.8 Å². The third-order valence-corrected chi connectivity index (χ3v) is 9.69. The van der Waals surface area contributed by atoms with E-state index >= 15 is 0 Å². The van der Waals surface area contributed by atoms with Crippen molar-refractivity contribution in [3.05, 3.63) is 82.4 Å². The summed E-state index contributed by atoms with van der Waals surface area (Å²) in [7, 11) is 0. The van der Waals surface area contributed by atoms with Gasteiger partial charge in [-0.15, -0.1) is 0 Å². The van der Waals surface area contributed by atoms with Crippen LogP contribution in [0.3, 0.4) is 0 Å². The number of rotatable bonds is 6. The summed E-state index contributed by atoms with van der Waals surface area (Å²) in [5, 5.41) is 26.5. The third-order valence-electron chi connectivity index (χ3n) is 8.18. The Hall–Kier alpha value is -4.18. The number of benzene rings is 3. The summed E-state index contributed by atoms with van der Waals surface area (Å²) < 4.78 is 12.1. The van der Waals surface area contributed by atoms with Crippen molar-refractivity contribution in [1.82, 2.24) is 10.6 Å². The first-order valence-corrected chi connectivity index (χ1v) is 14.3. The summed E-state index contributed by atoms with van der Waals surface area (Å²) in [6.45, 7) is 0. The van der Waals surface area contributed by atoms with Crippen LogP contribution in [0.5, 0.6) is 23.0 Å². The van der Waals surface area contributed by atoms with Gasteiger partial charge >= 0.3 is 12.0 Å². The molecule has 4 aliphatic heterocycles. The summed E-state index contributed by atoms with van der Waals surface area (Å²) in [5.41, 5.74) is 0.684. The van der Waals surface area contributed by atoms with E-state index in [9.17, 15) is 24.6 Å². The predicted octanol–water partition coefficient (Wildman–Crippen LogP) is 4.57. The number of unbranched alkanes of at least 4 members (excludes halogenated alkanes) is 1. The van der Waals surface area contributed by atoms with Crippen LogP contribution < -0.4 is 15.4 Å². The van der Waals surface area contributed by atoms with Gasteiger partial charge in [-0.25, -0.2) is 9.59 Å². The first-order chi connectivity index (χ1) is 19.3. The zero-order valence-electron chi connectivity index (χ0n) is 21.3. The number of esters is 1. The van der Waals surface area contributed by atoms with Crippen molar-refractivity contribution in [2.75, 3.05) is 5.75 Å². The second-order valence-corrected chi connectivity index (χ2v) is 11.8. The quantitative estimate of drug-likeness (QED) is 0.150. The minimum absolute atomic E-state index is 0.0240. The summed E-state index contributed by atoms with van der Waals surface area (Å²) in [4.78, 5) is 38.6. The number of phenolic OH excluding ortho intramolecular Hbond substituents is 2. The second-order valence-electron chi connectivity index (χ2n) is 10.6. The smallest absolute Gasteiger partial charge is 0.340 e. The Morgan fingerprint density at radius 1 is 0.950 bits per heavy atom. The molecular formula is C30H26N2O7S. The first kappa shape index (κ1) is 24.8. The van der Waals surface area contributed by atoms with E-state index in [4.69, 9.17) is 9.47 Å². The predicted molar refractivity (Wildman–Crippen MR) is 146 cm³/mol. The average Bonchev–Trinajstić information content (AvgIpc) is 3.57. The van der Waals surface area contributed by atoms with E-state index in [2.05, 4.69) is 10.6 Å². The number of carbonyl (C=O) groups excluding carboxylic acids is 3. The highest BCUT2D eigenvalue weighted by Gasteiger charge is 2.54. The number of urea groups is 1. The monoisotopic (exact) mass is 558 g/mol. The van der Waals surface area contributed by atoms with Gasteiger partial charge in [0.05, 0.1) is 17.6 Å². The van der Waals surface area contributed by atoms with Crippen LogP contribution in [0.2, 0.25) is 0 Å². The molecule has 0 saturated carbocycles. The number of carbonyl (C=O) groups is 3. The maximum atomic E-state index is 13.5. The number of phenols is 2. The van der Waals surface area contributed by atoms with Gasteiger partial charge in [-0.1, -0.05) is 24.6 Å². The Balaban J connectivity index is 1.17. The minimum atomic E-state index is -1.40. The van der Waals surface area contributed by atoms with Crippen molar-refractivity contribution in [2.24, 2.45) is 0 Å². The molecule has 0 unspecified atom stereocenters. The molecule has 3 atom stereocenters. The molecule has 0 aliphatic carbocycles. The standard InChI is InChI=1S/C30H26N2O7S/c33-15-8-10-18-23(12-15)38-24-13-16(34)9-11-19(24)30(18)20-5-3-4-17(26(20)28(36)39-30)22(35)6-1-2-7-25-27-21(14-40-25)31-29(37)32-27/h3-5,8-13,21,25,27,33-34H,1-2,6-7,14H2,(H2,31,32,37)/t21-,25-,27-/m0/s1. The van der Waals surface area contributed by atoms with Crippen molar-refractivity contribution >= 4 is 29.5 Å². The van der Waals surface area contributed by atoms with Crippen LogP contribution in [0.1, 0.15) is 63.1 Å². The molecule has 0 aromatic heterocycles. The SMILES string of the molecule is O=C1N[C@H]2[C@H](CS[C@H]2CCCCC(=O)c2cccc3c2C(=O)OC32c3ccc(O)cc3Oc3cc(O)ccc32)N1. The maximum Gasteiger partial charge on any atom is 0.340 e. The van der Waals surface area contributed by atoms with Crippen LogP contribution in [-0.4, -0.2) is 51.1 Å². The first-order valence-electron chi connectivity index (χ1n) is 13.3. The largest absolute Gasteiger partial charge is 0.508 e. The molecule has 2 fully saturated rings. The van der Waals surface area contributed by atoms with Crippen molar-refractivity contribution in [1.29, 1.82) is 0 Å². The molecule has 9 nitrogen and oxygen atoms in total. The molecule has 2 saturated heterocycles. The van der Waals surface area contributed by atoms with E-state index in [1.807, 2.05) is 11.8 Å². The molecule has 0 radical (unpaired) electrons. The topological polar surface area (TPSA) is 134 Å². The lowest BCUT2D eigenvalue weighted by Crippen LogP contribution is -2.36. The zero-order valence-corrected chi connectivity index (χ0v) is 22.1. The van der Waals surface area contributed by atoms with Crippen LogP contribution in [0, 0.1) is 0 Å². The fourth-order valence-electron chi connectivity index (χ4n) is 6.39. The Morgan fingerprint density at radius 3 is 2.40 bits per heavy atom. The summed E-state index contributed by atoms with van der Waals surface area (Å²) >= 11 is 1.85. The summed E-state index contributed by atoms with van der Waals surface area (Å²) in [5.74, 6) is 0.670. The number of fused-ring (bicyclic) bond motifs is 7. The highest BCUT2D eigenvalue weighted by atomic mass is 32.2. The lowest BCUT2D eigenvalue weighted by Gasteiger charge is -2.36. The van der Waals surface area contributed by atoms with Gasteiger partial charge in [0.1, 0.15) is 23.0 Å². The fraction of sp³-hybridized carbons (Fsp3) is 0.300. The van der Waals surface area contributed by atoms with E-state index in [0.717, 1.165) is 18.6 Å². The molecule has 0 bridgehead atoms. The average molecular weight is 559 g/mol. The molecule has 4 N–H and O–H groups in total. The molecule has 10 heteroatoms. The zero-order chi connectivity index (χ0) is 27.6. The molecule has 4 heterocycles. The highest BCUT2D eigenvalue weighted by molar-refractivity contribution is 8.00.